The summed E-state index contributed by atoms with van der Waals surface area (Å²) in [5.41, 5.74) is 1.98. The summed E-state index contributed by atoms with van der Waals surface area (Å²) in [6, 6.07) is 15.3. The molecule has 9 heteroatoms. The number of rotatable bonds is 9. The van der Waals surface area contributed by atoms with Crippen molar-refractivity contribution in [3.8, 4) is 5.75 Å². The summed E-state index contributed by atoms with van der Waals surface area (Å²) in [7, 11) is 0. The van der Waals surface area contributed by atoms with E-state index in [0.717, 1.165) is 34.5 Å². The van der Waals surface area contributed by atoms with Crippen molar-refractivity contribution >= 4 is 22.5 Å². The van der Waals surface area contributed by atoms with Gasteiger partial charge in [-0.3, -0.25) is 9.69 Å². The Balaban J connectivity index is 1.78. The highest BCUT2D eigenvalue weighted by Gasteiger charge is 2.30. The van der Waals surface area contributed by atoms with Crippen molar-refractivity contribution in [2.75, 3.05) is 6.61 Å². The van der Waals surface area contributed by atoms with Crippen LogP contribution in [0.15, 0.2) is 53.3 Å². The number of aromatic amines is 1. The lowest BCUT2D eigenvalue weighted by Gasteiger charge is -2.32. The fraction of sp³-hybridized carbons (Fsp3) is 0.407. The lowest BCUT2D eigenvalue weighted by atomic mass is 10.0. The first-order chi connectivity index (χ1) is 17.2. The van der Waals surface area contributed by atoms with Gasteiger partial charge in [-0.1, -0.05) is 36.7 Å². The first-order valence-corrected chi connectivity index (χ1v) is 12.6. The molecule has 1 N–H and O–H groups in total. The summed E-state index contributed by atoms with van der Waals surface area (Å²) in [5, 5.41) is 14.3. The zero-order valence-electron chi connectivity index (χ0n) is 21.5. The molecule has 0 amide bonds. The van der Waals surface area contributed by atoms with Gasteiger partial charge >= 0.3 is 0 Å². The minimum atomic E-state index is -0.293. The fourth-order valence-corrected chi connectivity index (χ4v) is 4.62. The standard InChI is InChI=1S/C27H33ClN6O2/c1-6-24(25-30-31-32-34(25)27(3,4)5)33(16-18-10-8-9-11-22(18)28)17-20-14-19-15-21(36-7-2)12-13-23(19)29-26(20)35/h8-15,24H,6-7,16-17H2,1-5H3,(H,29,35)/t24-/m1/s1. The second kappa shape index (κ2) is 10.8. The van der Waals surface area contributed by atoms with Crippen molar-refractivity contribution in [2.45, 2.75) is 65.7 Å². The van der Waals surface area contributed by atoms with Crippen LogP contribution in [0.4, 0.5) is 0 Å². The molecule has 190 valence electrons. The van der Waals surface area contributed by atoms with Crippen LogP contribution in [0.2, 0.25) is 5.02 Å². The zero-order chi connectivity index (χ0) is 25.9. The molecule has 36 heavy (non-hydrogen) atoms. The number of hydrogen-bond donors (Lipinski definition) is 1. The molecule has 0 radical (unpaired) electrons. The van der Waals surface area contributed by atoms with E-state index in [1.165, 1.54) is 0 Å². The summed E-state index contributed by atoms with van der Waals surface area (Å²) in [6.07, 6.45) is 0.751. The van der Waals surface area contributed by atoms with E-state index in [0.29, 0.717) is 30.3 Å². The number of aromatic nitrogens is 5. The van der Waals surface area contributed by atoms with E-state index < -0.39 is 0 Å². The first-order valence-electron chi connectivity index (χ1n) is 12.3. The minimum Gasteiger partial charge on any atom is -0.494 e. The highest BCUT2D eigenvalue weighted by Crippen LogP contribution is 2.30. The summed E-state index contributed by atoms with van der Waals surface area (Å²) < 4.78 is 7.53. The molecule has 0 saturated carbocycles. The molecule has 4 aromatic rings. The number of benzene rings is 2. The van der Waals surface area contributed by atoms with Crippen LogP contribution in [-0.2, 0) is 18.6 Å². The van der Waals surface area contributed by atoms with Gasteiger partial charge in [0.15, 0.2) is 5.82 Å². The number of H-pyrrole nitrogens is 1. The maximum Gasteiger partial charge on any atom is 0.252 e. The maximum absolute atomic E-state index is 13.1. The molecule has 0 aliphatic heterocycles. The van der Waals surface area contributed by atoms with Crippen molar-refractivity contribution in [3.63, 3.8) is 0 Å². The number of halogens is 1. The third-order valence-electron chi connectivity index (χ3n) is 6.16. The molecule has 0 aliphatic rings. The molecule has 0 saturated heterocycles. The Labute approximate surface area is 216 Å². The summed E-state index contributed by atoms with van der Waals surface area (Å²) in [4.78, 5) is 18.4. The second-order valence-electron chi connectivity index (χ2n) is 9.85. The van der Waals surface area contributed by atoms with Crippen LogP contribution in [0.25, 0.3) is 10.9 Å². The van der Waals surface area contributed by atoms with E-state index in [1.807, 2.05) is 60.1 Å². The van der Waals surface area contributed by atoms with Gasteiger partial charge in [0.05, 0.1) is 18.2 Å². The number of ether oxygens (including phenoxy) is 1. The number of nitrogens with one attached hydrogen (secondary N) is 1. The average Bonchev–Trinajstić information content (AvgIpc) is 3.32. The van der Waals surface area contributed by atoms with Crippen molar-refractivity contribution < 1.29 is 4.74 Å². The van der Waals surface area contributed by atoms with Crippen LogP contribution in [0, 0.1) is 0 Å². The Kier molecular flexibility index (Phi) is 7.76. The monoisotopic (exact) mass is 508 g/mol. The Morgan fingerprint density at radius 2 is 1.83 bits per heavy atom. The first kappa shape index (κ1) is 25.9. The number of pyridine rings is 1. The molecule has 1 atom stereocenters. The highest BCUT2D eigenvalue weighted by atomic mass is 35.5. The van der Waals surface area contributed by atoms with Gasteiger partial charge in [0.1, 0.15) is 5.75 Å². The van der Waals surface area contributed by atoms with Gasteiger partial charge in [0.25, 0.3) is 5.56 Å². The average molecular weight is 509 g/mol. The maximum atomic E-state index is 13.1. The van der Waals surface area contributed by atoms with E-state index in [9.17, 15) is 4.79 Å². The normalized spacial score (nSPS) is 12.9. The highest BCUT2D eigenvalue weighted by molar-refractivity contribution is 6.31. The third kappa shape index (κ3) is 5.60. The largest absolute Gasteiger partial charge is 0.494 e. The molecule has 0 unspecified atom stereocenters. The number of nitrogens with zero attached hydrogens (tertiary/aromatic N) is 5. The van der Waals surface area contributed by atoms with Crippen molar-refractivity contribution in [1.82, 2.24) is 30.1 Å². The third-order valence-corrected chi connectivity index (χ3v) is 6.53. The van der Waals surface area contributed by atoms with E-state index in [2.05, 4.69) is 53.1 Å². The number of fused-ring (bicyclic) bond motifs is 1. The molecule has 0 fully saturated rings. The van der Waals surface area contributed by atoms with Crippen molar-refractivity contribution in [2.24, 2.45) is 0 Å². The summed E-state index contributed by atoms with van der Waals surface area (Å²) >= 11 is 6.55. The van der Waals surface area contributed by atoms with Gasteiger partial charge in [-0.2, -0.15) is 0 Å². The molecular formula is C27H33ClN6O2. The smallest absolute Gasteiger partial charge is 0.252 e. The molecule has 0 bridgehead atoms. The van der Waals surface area contributed by atoms with E-state index >= 15 is 0 Å². The number of hydrogen-bond acceptors (Lipinski definition) is 6. The predicted octanol–water partition coefficient (Wildman–Crippen LogP) is 5.48. The molecule has 0 aliphatic carbocycles. The zero-order valence-corrected chi connectivity index (χ0v) is 22.2. The Morgan fingerprint density at radius 3 is 2.53 bits per heavy atom. The Bertz CT molecular complexity index is 1390. The van der Waals surface area contributed by atoms with Crippen molar-refractivity contribution in [3.05, 3.63) is 80.9 Å². The topological polar surface area (TPSA) is 88.9 Å². The van der Waals surface area contributed by atoms with E-state index in [-0.39, 0.29) is 17.1 Å². The van der Waals surface area contributed by atoms with Crippen LogP contribution >= 0.6 is 11.6 Å². The Morgan fingerprint density at radius 1 is 1.08 bits per heavy atom. The molecule has 8 nitrogen and oxygen atoms in total. The van der Waals surface area contributed by atoms with Gasteiger partial charge in [-0.15, -0.1) is 5.10 Å². The van der Waals surface area contributed by atoms with Crippen LogP contribution in [0.3, 0.4) is 0 Å². The van der Waals surface area contributed by atoms with Crippen LogP contribution in [0.5, 0.6) is 5.75 Å². The van der Waals surface area contributed by atoms with Gasteiger partial charge in [0.2, 0.25) is 0 Å². The minimum absolute atomic E-state index is 0.124. The molecule has 2 aromatic heterocycles. The van der Waals surface area contributed by atoms with Gasteiger partial charge in [-0.05, 0) is 80.4 Å². The summed E-state index contributed by atoms with van der Waals surface area (Å²) in [5.74, 6) is 1.53. The molecular weight excluding hydrogens is 476 g/mol. The van der Waals surface area contributed by atoms with Crippen molar-refractivity contribution in [1.29, 1.82) is 0 Å². The van der Waals surface area contributed by atoms with Gasteiger partial charge in [0, 0.05) is 34.6 Å². The predicted molar refractivity (Wildman–Crippen MR) is 142 cm³/mol. The summed E-state index contributed by atoms with van der Waals surface area (Å²) in [6.45, 7) is 11.8. The lowest BCUT2D eigenvalue weighted by Crippen LogP contribution is -2.35. The Hall–Kier alpha value is -3.23. The van der Waals surface area contributed by atoms with Crippen LogP contribution in [-0.4, -0.2) is 36.7 Å². The second-order valence-corrected chi connectivity index (χ2v) is 10.3. The van der Waals surface area contributed by atoms with E-state index in [4.69, 9.17) is 16.3 Å². The molecule has 0 spiro atoms. The number of tetrazole rings is 1. The van der Waals surface area contributed by atoms with E-state index in [1.54, 1.807) is 0 Å². The van der Waals surface area contributed by atoms with Crippen LogP contribution in [0.1, 0.15) is 64.0 Å². The molecule has 2 aromatic carbocycles. The SMILES string of the molecule is CCOc1ccc2[nH]c(=O)c(CN(Cc3ccccc3Cl)[C@H](CC)c3nnnn3C(C)(C)C)cc2c1. The fourth-order valence-electron chi connectivity index (χ4n) is 4.43. The molecule has 4 rings (SSSR count). The quantitative estimate of drug-likeness (QED) is 0.322. The lowest BCUT2D eigenvalue weighted by molar-refractivity contribution is 0.153. The van der Waals surface area contributed by atoms with Gasteiger partial charge < -0.3 is 9.72 Å². The molecule has 2 heterocycles. The van der Waals surface area contributed by atoms with Gasteiger partial charge in [-0.25, -0.2) is 4.68 Å². The van der Waals surface area contributed by atoms with Crippen LogP contribution < -0.4 is 10.3 Å².